The number of amides is 2. The Kier molecular flexibility index (Phi) is 7.20. The summed E-state index contributed by atoms with van der Waals surface area (Å²) in [6.07, 6.45) is 5.61. The van der Waals surface area contributed by atoms with Crippen molar-refractivity contribution in [2.45, 2.75) is 51.5 Å². The number of rotatable bonds is 6. The molecule has 6 nitrogen and oxygen atoms in total. The number of hydrogen-bond donors (Lipinski definition) is 1. The summed E-state index contributed by atoms with van der Waals surface area (Å²) >= 11 is 0. The first-order valence-corrected chi connectivity index (χ1v) is 12.2. The predicted molar refractivity (Wildman–Crippen MR) is 142 cm³/mol. The highest BCUT2D eigenvalue weighted by Crippen LogP contribution is 2.40. The van der Waals surface area contributed by atoms with E-state index < -0.39 is 5.54 Å². The maximum absolute atomic E-state index is 14.2. The van der Waals surface area contributed by atoms with Crippen LogP contribution in [0.1, 0.15) is 53.7 Å². The largest absolute Gasteiger partial charge is 0.378 e. The molecular formula is C29H34N4O2. The third-order valence-electron chi connectivity index (χ3n) is 6.96. The van der Waals surface area contributed by atoms with Gasteiger partial charge in [0, 0.05) is 37.4 Å². The van der Waals surface area contributed by atoms with E-state index in [4.69, 9.17) is 0 Å². The zero-order chi connectivity index (χ0) is 25.0. The van der Waals surface area contributed by atoms with E-state index in [0.29, 0.717) is 24.2 Å². The van der Waals surface area contributed by atoms with Gasteiger partial charge in [0.1, 0.15) is 11.2 Å². The number of nitrogens with zero attached hydrogens (tertiary/aromatic N) is 3. The van der Waals surface area contributed by atoms with Crippen LogP contribution in [-0.4, -0.2) is 36.4 Å². The maximum Gasteiger partial charge on any atom is 0.277 e. The number of hydrogen-bond acceptors (Lipinski definition) is 4. The topological polar surface area (TPSA) is 65.5 Å². The van der Waals surface area contributed by atoms with Gasteiger partial charge in [0.25, 0.3) is 11.8 Å². The maximum atomic E-state index is 14.2. The summed E-state index contributed by atoms with van der Waals surface area (Å²) in [6.45, 7) is 3.99. The quantitative estimate of drug-likeness (QED) is 0.498. The smallest absolute Gasteiger partial charge is 0.277 e. The fraction of sp³-hybridized carbons (Fsp3) is 0.345. The van der Waals surface area contributed by atoms with Crippen molar-refractivity contribution in [3.8, 4) is 0 Å². The van der Waals surface area contributed by atoms with Gasteiger partial charge in [-0.1, -0.05) is 43.5 Å². The van der Waals surface area contributed by atoms with Crippen LogP contribution in [0.5, 0.6) is 0 Å². The Balaban J connectivity index is 1.83. The van der Waals surface area contributed by atoms with Crippen molar-refractivity contribution >= 4 is 28.9 Å². The molecule has 182 valence electrons. The molecule has 6 heteroatoms. The molecule has 1 aliphatic carbocycles. The summed E-state index contributed by atoms with van der Waals surface area (Å²) < 4.78 is 0. The minimum atomic E-state index is -1.01. The number of nitrogens with one attached hydrogen (secondary N) is 1. The molecule has 1 saturated carbocycles. The monoisotopic (exact) mass is 470 g/mol. The van der Waals surface area contributed by atoms with Crippen LogP contribution in [0.25, 0.3) is 0 Å². The van der Waals surface area contributed by atoms with Crippen LogP contribution in [-0.2, 0) is 4.79 Å². The molecule has 1 fully saturated rings. The SMILES string of the molecule is Cc1cccc(C)c1NC(=O)C1(N(C(=O)c2ccccn2)c2ccc(N(C)C)cc2)CCCCC1. The Labute approximate surface area is 208 Å². The third kappa shape index (κ3) is 4.92. The van der Waals surface area contributed by atoms with Crippen molar-refractivity contribution in [3.63, 3.8) is 0 Å². The van der Waals surface area contributed by atoms with Crippen molar-refractivity contribution in [1.82, 2.24) is 4.98 Å². The summed E-state index contributed by atoms with van der Waals surface area (Å²) in [7, 11) is 3.96. The molecule has 35 heavy (non-hydrogen) atoms. The molecular weight excluding hydrogens is 436 g/mol. The lowest BCUT2D eigenvalue weighted by Gasteiger charge is -2.45. The van der Waals surface area contributed by atoms with Gasteiger partial charge in [-0.15, -0.1) is 0 Å². The van der Waals surface area contributed by atoms with E-state index in [1.54, 1.807) is 29.3 Å². The molecule has 0 saturated heterocycles. The number of carbonyl (C=O) groups excluding carboxylic acids is 2. The van der Waals surface area contributed by atoms with Crippen LogP contribution >= 0.6 is 0 Å². The second-order valence-electron chi connectivity index (χ2n) is 9.58. The van der Waals surface area contributed by atoms with Crippen LogP contribution < -0.4 is 15.1 Å². The second-order valence-corrected chi connectivity index (χ2v) is 9.58. The Morgan fingerprint density at radius 2 is 1.46 bits per heavy atom. The standard InChI is InChI=1S/C29H34N4O2/c1-21-11-10-12-22(2)26(21)31-28(35)29(18-7-5-8-19-29)33(27(34)25-13-6-9-20-30-25)24-16-14-23(15-17-24)32(3)4/h6,9-17,20H,5,7-8,18-19H2,1-4H3,(H,31,35). The zero-order valence-electron chi connectivity index (χ0n) is 21.0. The molecule has 3 aromatic rings. The van der Waals surface area contributed by atoms with Gasteiger partial charge in [-0.25, -0.2) is 0 Å². The number of carbonyl (C=O) groups is 2. The van der Waals surface area contributed by atoms with Gasteiger partial charge in [-0.05, 0) is 74.2 Å². The van der Waals surface area contributed by atoms with Gasteiger partial charge >= 0.3 is 0 Å². The number of aryl methyl sites for hydroxylation is 2. The first-order valence-electron chi connectivity index (χ1n) is 12.2. The van der Waals surface area contributed by atoms with Crippen molar-refractivity contribution in [2.75, 3.05) is 29.2 Å². The van der Waals surface area contributed by atoms with Crippen LogP contribution in [0.4, 0.5) is 17.1 Å². The van der Waals surface area contributed by atoms with Gasteiger partial charge in [0.05, 0.1) is 0 Å². The van der Waals surface area contributed by atoms with Crippen LogP contribution in [0.3, 0.4) is 0 Å². The number of aromatic nitrogens is 1. The van der Waals surface area contributed by atoms with Gasteiger partial charge < -0.3 is 10.2 Å². The molecule has 1 aliphatic rings. The zero-order valence-corrected chi connectivity index (χ0v) is 21.0. The predicted octanol–water partition coefficient (Wildman–Crippen LogP) is 5.75. The van der Waals surface area contributed by atoms with E-state index in [1.165, 1.54) is 0 Å². The van der Waals surface area contributed by atoms with Crippen molar-refractivity contribution in [3.05, 3.63) is 83.7 Å². The Morgan fingerprint density at radius 1 is 0.829 bits per heavy atom. The fourth-order valence-corrected chi connectivity index (χ4v) is 4.99. The van der Waals surface area contributed by atoms with E-state index in [9.17, 15) is 9.59 Å². The molecule has 2 aromatic carbocycles. The van der Waals surface area contributed by atoms with E-state index in [1.807, 2.05) is 75.3 Å². The van der Waals surface area contributed by atoms with Crippen molar-refractivity contribution in [1.29, 1.82) is 0 Å². The fourth-order valence-electron chi connectivity index (χ4n) is 4.99. The lowest BCUT2D eigenvalue weighted by molar-refractivity contribution is -0.122. The molecule has 4 rings (SSSR count). The minimum absolute atomic E-state index is 0.143. The Hall–Kier alpha value is -3.67. The number of benzene rings is 2. The molecule has 1 N–H and O–H groups in total. The van der Waals surface area contributed by atoms with E-state index in [2.05, 4.69) is 10.3 Å². The molecule has 1 aromatic heterocycles. The lowest BCUT2D eigenvalue weighted by Crippen LogP contribution is -2.60. The van der Waals surface area contributed by atoms with Gasteiger partial charge in [0.15, 0.2) is 0 Å². The Morgan fingerprint density at radius 3 is 2.03 bits per heavy atom. The summed E-state index contributed by atoms with van der Waals surface area (Å²) in [5.41, 5.74) is 3.86. The van der Waals surface area contributed by atoms with E-state index in [0.717, 1.165) is 41.8 Å². The first kappa shape index (κ1) is 24.5. The second kappa shape index (κ2) is 10.3. The number of anilines is 3. The van der Waals surface area contributed by atoms with Gasteiger partial charge in [-0.2, -0.15) is 0 Å². The lowest BCUT2D eigenvalue weighted by atomic mass is 9.78. The summed E-state index contributed by atoms with van der Waals surface area (Å²) in [5.74, 6) is -0.405. The van der Waals surface area contributed by atoms with Crippen LogP contribution in [0.15, 0.2) is 66.9 Å². The molecule has 0 unspecified atom stereocenters. The van der Waals surface area contributed by atoms with E-state index in [-0.39, 0.29) is 11.8 Å². The average Bonchev–Trinajstić information content (AvgIpc) is 2.87. The Bertz CT molecular complexity index is 1160. The minimum Gasteiger partial charge on any atom is -0.378 e. The molecule has 0 spiro atoms. The molecule has 0 atom stereocenters. The van der Waals surface area contributed by atoms with Gasteiger partial charge in [-0.3, -0.25) is 19.5 Å². The molecule has 0 bridgehead atoms. The highest BCUT2D eigenvalue weighted by molar-refractivity contribution is 6.13. The highest BCUT2D eigenvalue weighted by Gasteiger charge is 2.48. The summed E-state index contributed by atoms with van der Waals surface area (Å²) in [5, 5.41) is 3.21. The first-order chi connectivity index (χ1) is 16.8. The summed E-state index contributed by atoms with van der Waals surface area (Å²) in [6, 6.07) is 19.1. The molecule has 2 amide bonds. The molecule has 1 heterocycles. The summed E-state index contributed by atoms with van der Waals surface area (Å²) in [4.78, 5) is 36.3. The third-order valence-corrected chi connectivity index (χ3v) is 6.96. The van der Waals surface area contributed by atoms with Crippen molar-refractivity contribution in [2.24, 2.45) is 0 Å². The number of para-hydroxylation sites is 1. The number of pyridine rings is 1. The molecule has 0 aliphatic heterocycles. The molecule has 0 radical (unpaired) electrons. The average molecular weight is 471 g/mol. The highest BCUT2D eigenvalue weighted by atomic mass is 16.2. The normalized spacial score (nSPS) is 14.7. The van der Waals surface area contributed by atoms with Crippen LogP contribution in [0.2, 0.25) is 0 Å². The van der Waals surface area contributed by atoms with Crippen molar-refractivity contribution < 1.29 is 9.59 Å². The van der Waals surface area contributed by atoms with E-state index >= 15 is 0 Å². The van der Waals surface area contributed by atoms with Gasteiger partial charge in [0.2, 0.25) is 0 Å². The van der Waals surface area contributed by atoms with Crippen LogP contribution in [0, 0.1) is 13.8 Å².